The monoisotopic (exact) mass is 225 g/mol. The average molecular weight is 225 g/mol. The van der Waals surface area contributed by atoms with Crippen LogP contribution in [-0.4, -0.2) is 31.0 Å². The van der Waals surface area contributed by atoms with E-state index >= 15 is 0 Å². The highest BCUT2D eigenvalue weighted by Gasteiger charge is 2.23. The highest BCUT2D eigenvalue weighted by molar-refractivity contribution is 7.11. The predicted molar refractivity (Wildman–Crippen MR) is 64.2 cm³/mol. The maximum Gasteiger partial charge on any atom is 0.107 e. The van der Waals surface area contributed by atoms with Gasteiger partial charge in [-0.05, 0) is 40.4 Å². The Hall–Kier alpha value is -0.450. The van der Waals surface area contributed by atoms with Crippen molar-refractivity contribution in [2.24, 2.45) is 0 Å². The van der Waals surface area contributed by atoms with Crippen molar-refractivity contribution in [2.75, 3.05) is 21.1 Å². The average Bonchev–Trinajstić information content (AvgIpc) is 2.58. The van der Waals surface area contributed by atoms with E-state index < -0.39 is 0 Å². The van der Waals surface area contributed by atoms with E-state index in [1.807, 2.05) is 18.4 Å². The molecule has 0 saturated carbocycles. The molecule has 4 heteroatoms. The summed E-state index contributed by atoms with van der Waals surface area (Å²) in [4.78, 5) is 8.38. The lowest BCUT2D eigenvalue weighted by atomic mass is 9.98. The Morgan fingerprint density at radius 3 is 3.00 bits per heavy atom. The van der Waals surface area contributed by atoms with Crippen LogP contribution in [0.4, 0.5) is 0 Å². The Labute approximate surface area is 95.5 Å². The molecule has 0 spiro atoms. The Morgan fingerprint density at radius 2 is 2.33 bits per heavy atom. The molecule has 0 radical (unpaired) electrons. The molecule has 1 atom stereocenters. The van der Waals surface area contributed by atoms with E-state index in [0.29, 0.717) is 6.04 Å². The smallest absolute Gasteiger partial charge is 0.107 e. The van der Waals surface area contributed by atoms with Gasteiger partial charge in [0.15, 0.2) is 0 Å². The number of hydrogen-bond acceptors (Lipinski definition) is 4. The number of aryl methyl sites for hydroxylation is 1. The molecule has 0 aliphatic heterocycles. The van der Waals surface area contributed by atoms with E-state index in [1.54, 1.807) is 0 Å². The van der Waals surface area contributed by atoms with Gasteiger partial charge in [-0.15, -0.1) is 11.3 Å². The molecule has 1 aliphatic carbocycles. The molecule has 1 N–H and O–H groups in total. The highest BCUT2D eigenvalue weighted by atomic mass is 32.1. The van der Waals surface area contributed by atoms with Gasteiger partial charge in [-0.1, -0.05) is 0 Å². The van der Waals surface area contributed by atoms with E-state index in [4.69, 9.17) is 4.98 Å². The first kappa shape index (κ1) is 11.0. The van der Waals surface area contributed by atoms with Crippen LogP contribution in [-0.2, 0) is 13.0 Å². The van der Waals surface area contributed by atoms with Crippen LogP contribution in [0.3, 0.4) is 0 Å². The first-order valence-electron chi connectivity index (χ1n) is 5.51. The van der Waals surface area contributed by atoms with Gasteiger partial charge in [0.05, 0.1) is 5.69 Å². The molecule has 1 unspecified atom stereocenters. The van der Waals surface area contributed by atoms with Crippen LogP contribution in [0, 0.1) is 0 Å². The first-order valence-corrected chi connectivity index (χ1v) is 6.33. The Bertz CT molecular complexity index is 333. The van der Waals surface area contributed by atoms with Gasteiger partial charge < -0.3 is 10.2 Å². The van der Waals surface area contributed by atoms with Crippen LogP contribution < -0.4 is 5.32 Å². The molecule has 0 aromatic carbocycles. The van der Waals surface area contributed by atoms with Crippen LogP contribution in [0.15, 0.2) is 0 Å². The maximum atomic E-state index is 4.73. The van der Waals surface area contributed by atoms with Gasteiger partial charge in [0, 0.05) is 17.5 Å². The van der Waals surface area contributed by atoms with E-state index in [-0.39, 0.29) is 0 Å². The van der Waals surface area contributed by atoms with E-state index in [9.17, 15) is 0 Å². The minimum absolute atomic E-state index is 0.544. The SMILES string of the molecule is CNC1CCCc2nc(CN(C)C)sc21. The molecule has 1 aromatic heterocycles. The predicted octanol–water partition coefficient (Wildman–Crippen LogP) is 1.80. The third-order valence-electron chi connectivity index (χ3n) is 2.79. The molecule has 0 bridgehead atoms. The third-order valence-corrected chi connectivity index (χ3v) is 3.99. The normalized spacial score (nSPS) is 20.7. The fourth-order valence-corrected chi connectivity index (χ4v) is 3.46. The van der Waals surface area contributed by atoms with Crippen LogP contribution in [0.2, 0.25) is 0 Å². The molecule has 0 saturated heterocycles. The summed E-state index contributed by atoms with van der Waals surface area (Å²) in [6.45, 7) is 0.966. The summed E-state index contributed by atoms with van der Waals surface area (Å²) in [6.07, 6.45) is 3.69. The van der Waals surface area contributed by atoms with E-state index in [0.717, 1.165) is 13.0 Å². The quantitative estimate of drug-likeness (QED) is 0.850. The molecular formula is C11H19N3S. The molecule has 1 heterocycles. The first-order chi connectivity index (χ1) is 7.20. The summed E-state index contributed by atoms with van der Waals surface area (Å²) >= 11 is 1.88. The molecule has 2 rings (SSSR count). The van der Waals surface area contributed by atoms with Gasteiger partial charge in [0.2, 0.25) is 0 Å². The zero-order chi connectivity index (χ0) is 10.8. The fraction of sp³-hybridized carbons (Fsp3) is 0.727. The molecule has 1 aliphatic rings. The van der Waals surface area contributed by atoms with Gasteiger partial charge in [-0.25, -0.2) is 4.98 Å². The molecule has 0 amide bonds. The van der Waals surface area contributed by atoms with Crippen LogP contribution >= 0.6 is 11.3 Å². The molecular weight excluding hydrogens is 206 g/mol. The van der Waals surface area contributed by atoms with Crippen molar-refractivity contribution in [1.82, 2.24) is 15.2 Å². The van der Waals surface area contributed by atoms with Crippen molar-refractivity contribution in [3.05, 3.63) is 15.6 Å². The van der Waals surface area contributed by atoms with Crippen LogP contribution in [0.25, 0.3) is 0 Å². The summed E-state index contributed by atoms with van der Waals surface area (Å²) in [7, 11) is 6.23. The van der Waals surface area contributed by atoms with Crippen molar-refractivity contribution >= 4 is 11.3 Å². The van der Waals surface area contributed by atoms with Gasteiger partial charge >= 0.3 is 0 Å². The van der Waals surface area contributed by atoms with E-state index in [1.165, 1.54) is 28.4 Å². The molecule has 1 aromatic rings. The van der Waals surface area contributed by atoms with Gasteiger partial charge in [-0.3, -0.25) is 0 Å². The van der Waals surface area contributed by atoms with Crippen LogP contribution in [0.5, 0.6) is 0 Å². The number of rotatable bonds is 3. The number of aromatic nitrogens is 1. The van der Waals surface area contributed by atoms with Crippen molar-refractivity contribution in [1.29, 1.82) is 0 Å². The zero-order valence-corrected chi connectivity index (χ0v) is 10.5. The number of nitrogens with zero attached hydrogens (tertiary/aromatic N) is 2. The second-order valence-corrected chi connectivity index (χ2v) is 5.51. The minimum Gasteiger partial charge on any atom is -0.312 e. The Morgan fingerprint density at radius 1 is 1.53 bits per heavy atom. The zero-order valence-electron chi connectivity index (χ0n) is 9.71. The minimum atomic E-state index is 0.544. The third kappa shape index (κ3) is 2.38. The summed E-state index contributed by atoms with van der Waals surface area (Å²) in [5.74, 6) is 0. The summed E-state index contributed by atoms with van der Waals surface area (Å²) in [5.41, 5.74) is 1.34. The second-order valence-electron chi connectivity index (χ2n) is 4.39. The number of thiazole rings is 1. The van der Waals surface area contributed by atoms with Gasteiger partial charge in [0.1, 0.15) is 5.01 Å². The summed E-state index contributed by atoms with van der Waals surface area (Å²) in [5, 5.41) is 4.64. The number of hydrogen-bond donors (Lipinski definition) is 1. The van der Waals surface area contributed by atoms with E-state index in [2.05, 4.69) is 24.3 Å². The molecule has 0 fully saturated rings. The molecule has 84 valence electrons. The fourth-order valence-electron chi connectivity index (χ4n) is 2.08. The number of nitrogens with one attached hydrogen (secondary N) is 1. The van der Waals surface area contributed by atoms with Gasteiger partial charge in [0.25, 0.3) is 0 Å². The Balaban J connectivity index is 2.21. The lowest BCUT2D eigenvalue weighted by Crippen LogP contribution is -2.19. The topological polar surface area (TPSA) is 28.2 Å². The molecule has 15 heavy (non-hydrogen) atoms. The second kappa shape index (κ2) is 4.60. The maximum absolute atomic E-state index is 4.73. The standard InChI is InChI=1S/C11H19N3S/c1-12-8-5-4-6-9-11(8)15-10(13-9)7-14(2)3/h8,12H,4-7H2,1-3H3. The van der Waals surface area contributed by atoms with Gasteiger partial charge in [-0.2, -0.15) is 0 Å². The Kier molecular flexibility index (Phi) is 3.38. The van der Waals surface area contributed by atoms with Crippen molar-refractivity contribution in [3.8, 4) is 0 Å². The number of fused-ring (bicyclic) bond motifs is 1. The summed E-state index contributed by atoms with van der Waals surface area (Å²) < 4.78 is 0. The largest absolute Gasteiger partial charge is 0.312 e. The molecule has 3 nitrogen and oxygen atoms in total. The lowest BCUT2D eigenvalue weighted by Gasteiger charge is -2.20. The van der Waals surface area contributed by atoms with Crippen molar-refractivity contribution in [3.63, 3.8) is 0 Å². The summed E-state index contributed by atoms with van der Waals surface area (Å²) in [6, 6.07) is 0.544. The van der Waals surface area contributed by atoms with Crippen molar-refractivity contribution in [2.45, 2.75) is 31.8 Å². The highest BCUT2D eigenvalue weighted by Crippen LogP contribution is 2.34. The van der Waals surface area contributed by atoms with Crippen molar-refractivity contribution < 1.29 is 0 Å². The lowest BCUT2D eigenvalue weighted by molar-refractivity contribution is 0.401. The van der Waals surface area contributed by atoms with Crippen LogP contribution in [0.1, 0.15) is 34.5 Å².